The Labute approximate surface area is 285 Å². The van der Waals surface area contributed by atoms with Crippen LogP contribution >= 0.6 is 0 Å². The zero-order valence-corrected chi connectivity index (χ0v) is 27.9. The van der Waals surface area contributed by atoms with Gasteiger partial charge in [0.15, 0.2) is 0 Å². The second-order valence-corrected chi connectivity index (χ2v) is 14.8. The molecule has 0 bridgehead atoms. The van der Waals surface area contributed by atoms with Gasteiger partial charge in [0.25, 0.3) is 5.91 Å². The minimum absolute atomic E-state index is 0.0487. The lowest BCUT2D eigenvalue weighted by atomic mass is 9.88. The largest absolute Gasteiger partial charge is 0.441 e. The van der Waals surface area contributed by atoms with E-state index in [4.69, 9.17) is 9.47 Å². The highest BCUT2D eigenvalue weighted by molar-refractivity contribution is 5.94. The van der Waals surface area contributed by atoms with Crippen molar-refractivity contribution in [2.45, 2.75) is 88.3 Å². The van der Waals surface area contributed by atoms with E-state index in [1.807, 2.05) is 21.9 Å². The van der Waals surface area contributed by atoms with Crippen LogP contribution in [0.25, 0.3) is 0 Å². The van der Waals surface area contributed by atoms with Gasteiger partial charge < -0.3 is 19.3 Å². The summed E-state index contributed by atoms with van der Waals surface area (Å²) in [5.41, 5.74) is 0.572. The van der Waals surface area contributed by atoms with Crippen molar-refractivity contribution in [2.24, 2.45) is 5.92 Å². The fraction of sp³-hybridized carbons (Fsp3) is 0.595. The maximum absolute atomic E-state index is 13.4. The molecule has 2 aromatic rings. The highest BCUT2D eigenvalue weighted by Gasteiger charge is 2.49. The smallest absolute Gasteiger partial charge is 0.416 e. The number of hydrogen-bond acceptors (Lipinski definition) is 6. The number of ether oxygens (including phenoxy) is 2. The van der Waals surface area contributed by atoms with E-state index in [-0.39, 0.29) is 18.1 Å². The van der Waals surface area contributed by atoms with Gasteiger partial charge in [-0.1, -0.05) is 43.5 Å². The van der Waals surface area contributed by atoms with Crippen LogP contribution in [0.5, 0.6) is 0 Å². The highest BCUT2D eigenvalue weighted by atomic mass is 19.4. The Morgan fingerprint density at radius 2 is 1.24 bits per heavy atom. The number of benzene rings is 2. The first-order valence-corrected chi connectivity index (χ1v) is 17.7. The van der Waals surface area contributed by atoms with Crippen LogP contribution in [0, 0.1) is 5.92 Å². The van der Waals surface area contributed by atoms with Gasteiger partial charge >= 0.3 is 18.4 Å². The van der Waals surface area contributed by atoms with Crippen molar-refractivity contribution in [3.8, 4) is 0 Å². The number of piperidine rings is 2. The van der Waals surface area contributed by atoms with E-state index in [0.29, 0.717) is 89.5 Å². The van der Waals surface area contributed by atoms with Crippen molar-refractivity contribution < 1.29 is 37.0 Å². The molecule has 2 spiro atoms. The van der Waals surface area contributed by atoms with Gasteiger partial charge in [0, 0.05) is 77.1 Å². The zero-order valence-electron chi connectivity index (χ0n) is 27.9. The van der Waals surface area contributed by atoms with E-state index < -0.39 is 22.9 Å². The molecule has 0 atom stereocenters. The molecule has 7 rings (SSSR count). The first-order chi connectivity index (χ1) is 23.5. The number of halogens is 3. The molecular formula is C37H45F3N4O5. The van der Waals surface area contributed by atoms with Crippen LogP contribution in [-0.2, 0) is 28.7 Å². The first-order valence-electron chi connectivity index (χ1n) is 17.7. The summed E-state index contributed by atoms with van der Waals surface area (Å²) in [7, 11) is 0. The summed E-state index contributed by atoms with van der Waals surface area (Å²) in [6, 6.07) is 12.6. The maximum atomic E-state index is 13.4. The quantitative estimate of drug-likeness (QED) is 0.324. The van der Waals surface area contributed by atoms with E-state index in [9.17, 15) is 27.6 Å². The molecule has 0 aromatic heterocycles. The molecular weight excluding hydrogens is 637 g/mol. The number of rotatable bonds is 7. The van der Waals surface area contributed by atoms with Crippen molar-refractivity contribution in [3.05, 3.63) is 70.8 Å². The van der Waals surface area contributed by atoms with Crippen LogP contribution in [0.2, 0.25) is 0 Å². The summed E-state index contributed by atoms with van der Waals surface area (Å²) in [5, 5.41) is 0. The van der Waals surface area contributed by atoms with Crippen LogP contribution in [0.1, 0.15) is 84.8 Å². The van der Waals surface area contributed by atoms with Crippen LogP contribution in [0.15, 0.2) is 48.5 Å². The van der Waals surface area contributed by atoms with Crippen molar-refractivity contribution in [1.29, 1.82) is 0 Å². The minimum atomic E-state index is -4.35. The summed E-state index contributed by atoms with van der Waals surface area (Å²) in [4.78, 5) is 46.5. The molecule has 9 nitrogen and oxygen atoms in total. The fourth-order valence-electron chi connectivity index (χ4n) is 8.30. The highest BCUT2D eigenvalue weighted by Crippen LogP contribution is 2.37. The molecule has 0 radical (unpaired) electrons. The van der Waals surface area contributed by atoms with E-state index in [1.54, 1.807) is 17.0 Å². The zero-order chi connectivity index (χ0) is 34.2. The summed E-state index contributed by atoms with van der Waals surface area (Å²) in [6.45, 7) is 5.21. The molecule has 12 heteroatoms. The van der Waals surface area contributed by atoms with Gasteiger partial charge in [-0.3, -0.25) is 14.6 Å². The van der Waals surface area contributed by atoms with E-state index in [2.05, 4.69) is 4.90 Å². The number of alkyl halides is 3. The van der Waals surface area contributed by atoms with Crippen LogP contribution < -0.4 is 0 Å². The number of carbonyl (C=O) groups is 3. The van der Waals surface area contributed by atoms with Crippen LogP contribution in [0.4, 0.5) is 22.8 Å². The summed E-state index contributed by atoms with van der Waals surface area (Å²) in [5.74, 6) is 0.514. The Kier molecular flexibility index (Phi) is 9.27. The van der Waals surface area contributed by atoms with Gasteiger partial charge in [0.1, 0.15) is 11.2 Å². The number of likely N-dealkylation sites (tertiary alicyclic amines) is 2. The molecule has 5 aliphatic rings. The SMILES string of the molecule is O=C1OC2(CCN(Cc3ccc(C(F)(F)F)cc3)CC2)CN1Cc1ccc(C(=O)N2CCC3(CC2)CN(CC2CCCCC2)C(=O)O3)cc1. The van der Waals surface area contributed by atoms with Gasteiger partial charge in [-0.15, -0.1) is 0 Å². The molecule has 264 valence electrons. The Morgan fingerprint density at radius 1 is 0.714 bits per heavy atom. The second kappa shape index (κ2) is 13.5. The molecule has 1 saturated carbocycles. The van der Waals surface area contributed by atoms with Gasteiger partial charge in [-0.05, 0) is 54.2 Å². The number of hydrogen-bond donors (Lipinski definition) is 0. The van der Waals surface area contributed by atoms with E-state index >= 15 is 0 Å². The molecule has 4 heterocycles. The summed E-state index contributed by atoms with van der Waals surface area (Å²) in [6.07, 6.45) is 3.77. The molecule has 1 aliphatic carbocycles. The van der Waals surface area contributed by atoms with Gasteiger partial charge in [0.2, 0.25) is 0 Å². The van der Waals surface area contributed by atoms with Crippen LogP contribution in [-0.4, -0.2) is 94.7 Å². The molecule has 0 N–H and O–H groups in total. The number of carbonyl (C=O) groups excluding carboxylic acids is 3. The number of nitrogens with zero attached hydrogens (tertiary/aromatic N) is 4. The predicted molar refractivity (Wildman–Crippen MR) is 175 cm³/mol. The molecule has 2 aromatic carbocycles. The topological polar surface area (TPSA) is 82.6 Å². The molecule has 0 unspecified atom stereocenters. The lowest BCUT2D eigenvalue weighted by Gasteiger charge is -2.37. The maximum Gasteiger partial charge on any atom is 0.416 e. The molecule has 3 amide bonds. The summed E-state index contributed by atoms with van der Waals surface area (Å²) < 4.78 is 50.5. The third-order valence-corrected chi connectivity index (χ3v) is 11.3. The van der Waals surface area contributed by atoms with Crippen molar-refractivity contribution in [3.63, 3.8) is 0 Å². The first kappa shape index (κ1) is 33.7. The molecule has 4 saturated heterocycles. The number of amides is 3. The standard InChI is InChI=1S/C37H45F3N4O5/c38-37(39,40)31-12-8-28(9-13-31)22-41-18-14-35(15-19-41)25-44(34(47)48-35)24-29-6-10-30(11-7-29)32(45)42-20-16-36(17-21-42)26-43(33(46)49-36)23-27-4-2-1-3-5-27/h6-13,27H,1-5,14-26H2. The van der Waals surface area contributed by atoms with Gasteiger partial charge in [0.05, 0.1) is 18.7 Å². The Morgan fingerprint density at radius 3 is 1.86 bits per heavy atom. The van der Waals surface area contributed by atoms with Gasteiger partial charge in [-0.25, -0.2) is 9.59 Å². The van der Waals surface area contributed by atoms with Crippen molar-refractivity contribution >= 4 is 18.1 Å². The average Bonchev–Trinajstić information content (AvgIpc) is 3.56. The monoisotopic (exact) mass is 682 g/mol. The predicted octanol–water partition coefficient (Wildman–Crippen LogP) is 6.70. The Hall–Kier alpha value is -3.80. The Balaban J connectivity index is 0.866. The molecule has 49 heavy (non-hydrogen) atoms. The summed E-state index contributed by atoms with van der Waals surface area (Å²) >= 11 is 0. The van der Waals surface area contributed by atoms with E-state index in [1.165, 1.54) is 44.2 Å². The average molecular weight is 683 g/mol. The van der Waals surface area contributed by atoms with Gasteiger partial charge in [-0.2, -0.15) is 13.2 Å². The third-order valence-electron chi connectivity index (χ3n) is 11.3. The van der Waals surface area contributed by atoms with Crippen molar-refractivity contribution in [2.75, 3.05) is 45.8 Å². The molecule has 4 aliphatic heterocycles. The lowest BCUT2D eigenvalue weighted by molar-refractivity contribution is -0.137. The van der Waals surface area contributed by atoms with Crippen LogP contribution in [0.3, 0.4) is 0 Å². The van der Waals surface area contributed by atoms with E-state index in [0.717, 1.165) is 29.8 Å². The fourth-order valence-corrected chi connectivity index (χ4v) is 8.30. The third kappa shape index (κ3) is 7.54. The normalized spacial score (nSPS) is 23.0. The lowest BCUT2D eigenvalue weighted by Crippen LogP contribution is -2.49. The minimum Gasteiger partial charge on any atom is -0.441 e. The van der Waals surface area contributed by atoms with Crippen molar-refractivity contribution in [1.82, 2.24) is 19.6 Å². The Bertz CT molecular complexity index is 1510. The second-order valence-electron chi connectivity index (χ2n) is 14.8. The molecule has 5 fully saturated rings.